The van der Waals surface area contributed by atoms with E-state index in [4.69, 9.17) is 4.74 Å². The summed E-state index contributed by atoms with van der Waals surface area (Å²) in [6.45, 7) is 4.26. The van der Waals surface area contributed by atoms with E-state index in [2.05, 4.69) is 12.0 Å². The van der Waals surface area contributed by atoms with Gasteiger partial charge in [0.2, 0.25) is 0 Å². The van der Waals surface area contributed by atoms with Crippen molar-refractivity contribution in [2.75, 3.05) is 6.61 Å². The van der Waals surface area contributed by atoms with Crippen LogP contribution in [0.5, 0.6) is 0 Å². The Labute approximate surface area is 113 Å². The maximum atomic E-state index is 11.7. The highest BCUT2D eigenvalue weighted by atomic mass is 16.5. The number of benzene rings is 1. The summed E-state index contributed by atoms with van der Waals surface area (Å²) in [5, 5.41) is 4.36. The SMILES string of the molecule is CCCc1cc(C(=O)OCC)nn1-c1ccccc1. The minimum atomic E-state index is -0.366. The molecule has 4 nitrogen and oxygen atoms in total. The average Bonchev–Trinajstić information content (AvgIpc) is 2.85. The van der Waals surface area contributed by atoms with Gasteiger partial charge in [-0.3, -0.25) is 0 Å². The summed E-state index contributed by atoms with van der Waals surface area (Å²) in [6, 6.07) is 11.6. The van der Waals surface area contributed by atoms with Gasteiger partial charge in [-0.05, 0) is 31.5 Å². The Balaban J connectivity index is 2.39. The average molecular weight is 258 g/mol. The van der Waals surface area contributed by atoms with Gasteiger partial charge in [0.15, 0.2) is 5.69 Å². The molecule has 0 bridgehead atoms. The van der Waals surface area contributed by atoms with E-state index >= 15 is 0 Å². The molecule has 1 heterocycles. The van der Waals surface area contributed by atoms with Gasteiger partial charge in [-0.1, -0.05) is 31.5 Å². The van der Waals surface area contributed by atoms with Crippen molar-refractivity contribution < 1.29 is 9.53 Å². The van der Waals surface area contributed by atoms with Crippen molar-refractivity contribution in [2.45, 2.75) is 26.7 Å². The van der Waals surface area contributed by atoms with Gasteiger partial charge in [-0.2, -0.15) is 5.10 Å². The first kappa shape index (κ1) is 13.3. The van der Waals surface area contributed by atoms with Crippen LogP contribution in [-0.4, -0.2) is 22.4 Å². The van der Waals surface area contributed by atoms with Gasteiger partial charge in [0.05, 0.1) is 12.3 Å². The monoisotopic (exact) mass is 258 g/mol. The third-order valence-electron chi connectivity index (χ3n) is 2.77. The van der Waals surface area contributed by atoms with Crippen molar-refractivity contribution in [3.8, 4) is 5.69 Å². The summed E-state index contributed by atoms with van der Waals surface area (Å²) < 4.78 is 6.81. The second-order valence-electron chi connectivity index (χ2n) is 4.24. The van der Waals surface area contributed by atoms with Gasteiger partial charge in [0.25, 0.3) is 0 Å². The molecule has 0 radical (unpaired) electrons. The lowest BCUT2D eigenvalue weighted by atomic mass is 10.2. The van der Waals surface area contributed by atoms with Crippen LogP contribution in [0.1, 0.15) is 36.5 Å². The zero-order chi connectivity index (χ0) is 13.7. The van der Waals surface area contributed by atoms with E-state index in [-0.39, 0.29) is 5.97 Å². The molecule has 0 N–H and O–H groups in total. The first-order valence-electron chi connectivity index (χ1n) is 6.57. The van der Waals surface area contributed by atoms with Crippen LogP contribution in [0.25, 0.3) is 5.69 Å². The zero-order valence-electron chi connectivity index (χ0n) is 11.3. The molecule has 2 rings (SSSR count). The molecule has 2 aromatic rings. The molecule has 0 amide bonds. The van der Waals surface area contributed by atoms with E-state index in [0.29, 0.717) is 12.3 Å². The second kappa shape index (κ2) is 6.18. The number of nitrogens with zero attached hydrogens (tertiary/aromatic N) is 2. The Morgan fingerprint density at radius 2 is 2.00 bits per heavy atom. The molecule has 100 valence electrons. The first-order chi connectivity index (χ1) is 9.26. The van der Waals surface area contributed by atoms with Crippen LogP contribution < -0.4 is 0 Å². The lowest BCUT2D eigenvalue weighted by Gasteiger charge is -2.05. The molecular formula is C15H18N2O2. The molecule has 1 aromatic carbocycles. The molecule has 1 aromatic heterocycles. The molecule has 0 aliphatic rings. The number of hydrogen-bond donors (Lipinski definition) is 0. The third kappa shape index (κ3) is 3.02. The maximum absolute atomic E-state index is 11.7. The smallest absolute Gasteiger partial charge is 0.358 e. The highest BCUT2D eigenvalue weighted by Crippen LogP contribution is 2.15. The van der Waals surface area contributed by atoms with E-state index in [1.165, 1.54) is 0 Å². The van der Waals surface area contributed by atoms with Crippen LogP contribution in [0.4, 0.5) is 0 Å². The molecule has 19 heavy (non-hydrogen) atoms. The van der Waals surface area contributed by atoms with Gasteiger partial charge in [0.1, 0.15) is 0 Å². The Morgan fingerprint density at radius 3 is 2.63 bits per heavy atom. The predicted octanol–water partition coefficient (Wildman–Crippen LogP) is 3.00. The molecule has 0 fully saturated rings. The first-order valence-corrected chi connectivity index (χ1v) is 6.57. The van der Waals surface area contributed by atoms with Crippen LogP contribution in [0.3, 0.4) is 0 Å². The molecule has 0 atom stereocenters. The quantitative estimate of drug-likeness (QED) is 0.774. The van der Waals surface area contributed by atoms with E-state index in [0.717, 1.165) is 24.2 Å². The van der Waals surface area contributed by atoms with Gasteiger partial charge in [-0.15, -0.1) is 0 Å². The number of carbonyl (C=O) groups excluding carboxylic acids is 1. The fourth-order valence-corrected chi connectivity index (χ4v) is 1.95. The van der Waals surface area contributed by atoms with Crippen LogP contribution in [0.2, 0.25) is 0 Å². The lowest BCUT2D eigenvalue weighted by molar-refractivity contribution is 0.0519. The normalized spacial score (nSPS) is 10.4. The Kier molecular flexibility index (Phi) is 4.34. The number of ether oxygens (including phenoxy) is 1. The molecular weight excluding hydrogens is 240 g/mol. The summed E-state index contributed by atoms with van der Waals surface area (Å²) in [4.78, 5) is 11.7. The number of para-hydroxylation sites is 1. The Hall–Kier alpha value is -2.10. The predicted molar refractivity (Wildman–Crippen MR) is 73.5 cm³/mol. The largest absolute Gasteiger partial charge is 0.461 e. The van der Waals surface area contributed by atoms with Gasteiger partial charge >= 0.3 is 5.97 Å². The fourth-order valence-electron chi connectivity index (χ4n) is 1.95. The minimum absolute atomic E-state index is 0.361. The molecule has 0 spiro atoms. The van der Waals surface area contributed by atoms with E-state index in [9.17, 15) is 4.79 Å². The Bertz CT molecular complexity index is 547. The topological polar surface area (TPSA) is 44.1 Å². The number of hydrogen-bond acceptors (Lipinski definition) is 3. The van der Waals surface area contributed by atoms with Crippen LogP contribution in [0, 0.1) is 0 Å². The van der Waals surface area contributed by atoms with Gasteiger partial charge < -0.3 is 4.74 Å². The van der Waals surface area contributed by atoms with Crippen LogP contribution in [0.15, 0.2) is 36.4 Å². The highest BCUT2D eigenvalue weighted by Gasteiger charge is 2.15. The molecule has 0 aliphatic carbocycles. The standard InChI is InChI=1S/C15H18N2O2/c1-3-8-13-11-14(15(18)19-4-2)16-17(13)12-9-6-5-7-10-12/h5-7,9-11H,3-4,8H2,1-2H3. The van der Waals surface area contributed by atoms with Crippen molar-refractivity contribution in [3.63, 3.8) is 0 Å². The summed E-state index contributed by atoms with van der Waals surface area (Å²) in [7, 11) is 0. The van der Waals surface area contributed by atoms with Gasteiger partial charge in [0, 0.05) is 5.69 Å². The van der Waals surface area contributed by atoms with Crippen LogP contribution >= 0.6 is 0 Å². The number of rotatable bonds is 5. The van der Waals surface area contributed by atoms with Gasteiger partial charge in [-0.25, -0.2) is 9.48 Å². The number of aryl methyl sites for hydroxylation is 1. The minimum Gasteiger partial charge on any atom is -0.461 e. The molecule has 0 unspecified atom stereocenters. The molecule has 0 saturated heterocycles. The van der Waals surface area contributed by atoms with Crippen molar-refractivity contribution in [2.24, 2.45) is 0 Å². The van der Waals surface area contributed by atoms with E-state index < -0.39 is 0 Å². The maximum Gasteiger partial charge on any atom is 0.358 e. The molecule has 0 aliphatic heterocycles. The van der Waals surface area contributed by atoms with Crippen molar-refractivity contribution in [1.29, 1.82) is 0 Å². The molecule has 0 saturated carbocycles. The Morgan fingerprint density at radius 1 is 1.26 bits per heavy atom. The summed E-state index contributed by atoms with van der Waals surface area (Å²) >= 11 is 0. The highest BCUT2D eigenvalue weighted by molar-refractivity contribution is 5.87. The van der Waals surface area contributed by atoms with Crippen molar-refractivity contribution >= 4 is 5.97 Å². The van der Waals surface area contributed by atoms with Crippen LogP contribution in [-0.2, 0) is 11.2 Å². The summed E-state index contributed by atoms with van der Waals surface area (Å²) in [6.07, 6.45) is 1.88. The third-order valence-corrected chi connectivity index (χ3v) is 2.77. The zero-order valence-corrected chi connectivity index (χ0v) is 11.3. The van der Waals surface area contributed by atoms with Crippen molar-refractivity contribution in [3.05, 3.63) is 47.8 Å². The number of aromatic nitrogens is 2. The number of esters is 1. The fraction of sp³-hybridized carbons (Fsp3) is 0.333. The number of carbonyl (C=O) groups is 1. The van der Waals surface area contributed by atoms with E-state index in [1.807, 2.05) is 41.1 Å². The summed E-state index contributed by atoms with van der Waals surface area (Å²) in [5.41, 5.74) is 2.35. The molecule has 4 heteroatoms. The lowest BCUT2D eigenvalue weighted by Crippen LogP contribution is -2.07. The van der Waals surface area contributed by atoms with E-state index in [1.54, 1.807) is 6.92 Å². The second-order valence-corrected chi connectivity index (χ2v) is 4.24. The summed E-state index contributed by atoms with van der Waals surface area (Å²) in [5.74, 6) is -0.366. The van der Waals surface area contributed by atoms with Crippen molar-refractivity contribution in [1.82, 2.24) is 9.78 Å².